The summed E-state index contributed by atoms with van der Waals surface area (Å²) in [5.74, 6) is 0.635. The number of aromatic nitrogens is 1. The number of carbonyl (C=O) groups is 2. The average molecular weight is 521 g/mol. The van der Waals surface area contributed by atoms with Crippen molar-refractivity contribution in [2.45, 2.75) is 95.4 Å². The van der Waals surface area contributed by atoms with E-state index >= 15 is 0 Å². The third-order valence-corrected chi connectivity index (χ3v) is 7.51. The number of halogens is 2. The molecule has 7 nitrogen and oxygen atoms in total. The third kappa shape index (κ3) is 5.17. The molecule has 0 spiro atoms. The molecular formula is C26H30Cl2N2O5. The van der Waals surface area contributed by atoms with Gasteiger partial charge in [0, 0.05) is 42.0 Å². The molecule has 9 heteroatoms. The van der Waals surface area contributed by atoms with Gasteiger partial charge in [-0.1, -0.05) is 34.4 Å². The van der Waals surface area contributed by atoms with Crippen molar-refractivity contribution in [1.82, 2.24) is 10.1 Å². The number of ether oxygens (including phenoxy) is 2. The maximum atomic E-state index is 13.1. The van der Waals surface area contributed by atoms with Gasteiger partial charge in [0.1, 0.15) is 23.2 Å². The van der Waals surface area contributed by atoms with Crippen LogP contribution in [0.15, 0.2) is 22.7 Å². The molecule has 1 saturated carbocycles. The zero-order valence-corrected chi connectivity index (χ0v) is 21.7. The van der Waals surface area contributed by atoms with Gasteiger partial charge in [-0.3, -0.25) is 4.79 Å². The largest absolute Gasteiger partial charge is 0.462 e. The first-order valence-corrected chi connectivity index (χ1v) is 13.0. The number of hydrogen-bond donors (Lipinski definition) is 0. The Bertz CT molecular complexity index is 1100. The zero-order chi connectivity index (χ0) is 24.9. The Labute approximate surface area is 215 Å². The molecule has 3 atom stereocenters. The number of nitrogens with zero attached hydrogens (tertiary/aromatic N) is 2. The lowest BCUT2D eigenvalue weighted by molar-refractivity contribution is -0.151. The topological polar surface area (TPSA) is 81.9 Å². The Hall–Kier alpha value is -2.25. The second-order valence-corrected chi connectivity index (χ2v) is 11.6. The van der Waals surface area contributed by atoms with Crippen LogP contribution in [0.1, 0.15) is 76.5 Å². The molecule has 2 saturated heterocycles. The average Bonchev–Trinajstić information content (AvgIpc) is 3.46. The lowest BCUT2D eigenvalue weighted by Gasteiger charge is -2.39. The van der Waals surface area contributed by atoms with Gasteiger partial charge in [-0.15, -0.1) is 0 Å². The molecular weight excluding hydrogens is 491 g/mol. The summed E-state index contributed by atoms with van der Waals surface area (Å²) >= 11 is 12.9. The van der Waals surface area contributed by atoms with Crippen molar-refractivity contribution < 1.29 is 23.6 Å². The van der Waals surface area contributed by atoms with Crippen LogP contribution in [0, 0.1) is 0 Å². The maximum Gasteiger partial charge on any atom is 0.410 e. The molecule has 5 rings (SSSR count). The molecule has 3 heterocycles. The fourth-order valence-electron chi connectivity index (χ4n) is 5.29. The number of carbonyl (C=O) groups excluding carboxylic acids is 2. The van der Waals surface area contributed by atoms with Crippen molar-refractivity contribution in [3.05, 3.63) is 39.6 Å². The standard InChI is InChI=1S/C26H30Cl2N2O5/c1-26(2,3)34-25(32)30-15-9-10-16(30)12-17(11-15)33-21(31)13-18-23(29-35-24(18)14-7-8-14)22-19(27)5-4-6-20(22)28/h4-6,14-17H,7-13H2,1-3H3/t15-,16+,17?. The number of piperidine rings is 1. The van der Waals surface area contributed by atoms with E-state index in [2.05, 4.69) is 5.16 Å². The smallest absolute Gasteiger partial charge is 0.410 e. The highest BCUT2D eigenvalue weighted by atomic mass is 35.5. The van der Waals surface area contributed by atoms with Crippen LogP contribution in [0.5, 0.6) is 0 Å². The second-order valence-electron chi connectivity index (χ2n) is 10.8. The molecule has 1 aromatic carbocycles. The Morgan fingerprint density at radius 3 is 2.29 bits per heavy atom. The summed E-state index contributed by atoms with van der Waals surface area (Å²) in [5, 5.41) is 5.16. The van der Waals surface area contributed by atoms with Crippen molar-refractivity contribution in [2.24, 2.45) is 0 Å². The van der Waals surface area contributed by atoms with Crippen molar-refractivity contribution >= 4 is 35.3 Å². The molecule has 35 heavy (non-hydrogen) atoms. The Morgan fingerprint density at radius 2 is 1.71 bits per heavy atom. The first kappa shape index (κ1) is 24.4. The predicted molar refractivity (Wildman–Crippen MR) is 132 cm³/mol. The molecule has 1 aliphatic carbocycles. The van der Waals surface area contributed by atoms with Gasteiger partial charge in [-0.2, -0.15) is 0 Å². The van der Waals surface area contributed by atoms with E-state index in [9.17, 15) is 9.59 Å². The number of esters is 1. The van der Waals surface area contributed by atoms with Crippen LogP contribution in [0.25, 0.3) is 11.3 Å². The van der Waals surface area contributed by atoms with Crippen LogP contribution in [0.4, 0.5) is 4.79 Å². The molecule has 1 unspecified atom stereocenters. The Kier molecular flexibility index (Phi) is 6.51. The van der Waals surface area contributed by atoms with Crippen LogP contribution >= 0.6 is 23.2 Å². The highest BCUT2D eigenvalue weighted by Crippen LogP contribution is 2.46. The summed E-state index contributed by atoms with van der Waals surface area (Å²) in [6.45, 7) is 5.60. The quantitative estimate of drug-likeness (QED) is 0.416. The zero-order valence-electron chi connectivity index (χ0n) is 20.2. The summed E-state index contributed by atoms with van der Waals surface area (Å²) in [6.07, 6.45) is 4.53. The van der Waals surface area contributed by atoms with Crippen LogP contribution in [0.3, 0.4) is 0 Å². The van der Waals surface area contributed by atoms with Crippen LogP contribution in [-0.4, -0.2) is 45.9 Å². The van der Waals surface area contributed by atoms with Gasteiger partial charge in [-0.05, 0) is 58.6 Å². The summed E-state index contributed by atoms with van der Waals surface area (Å²) in [7, 11) is 0. The Balaban J connectivity index is 1.29. The van der Waals surface area contributed by atoms with E-state index < -0.39 is 5.60 Å². The lowest BCUT2D eigenvalue weighted by atomic mass is 9.99. The van der Waals surface area contributed by atoms with E-state index in [4.69, 9.17) is 37.2 Å². The van der Waals surface area contributed by atoms with Gasteiger partial charge in [0.15, 0.2) is 0 Å². The maximum absolute atomic E-state index is 13.1. The number of amides is 1. The highest BCUT2D eigenvalue weighted by Gasteiger charge is 2.46. The van der Waals surface area contributed by atoms with Gasteiger partial charge < -0.3 is 18.9 Å². The van der Waals surface area contributed by atoms with E-state index in [0.29, 0.717) is 45.5 Å². The van der Waals surface area contributed by atoms with Gasteiger partial charge in [0.25, 0.3) is 0 Å². The van der Waals surface area contributed by atoms with E-state index in [1.807, 2.05) is 25.7 Å². The molecule has 188 valence electrons. The minimum atomic E-state index is -0.542. The highest BCUT2D eigenvalue weighted by molar-refractivity contribution is 6.39. The van der Waals surface area contributed by atoms with Crippen LogP contribution < -0.4 is 0 Å². The van der Waals surface area contributed by atoms with Gasteiger partial charge in [-0.25, -0.2) is 4.79 Å². The van der Waals surface area contributed by atoms with Crippen molar-refractivity contribution in [2.75, 3.05) is 0 Å². The van der Waals surface area contributed by atoms with Crippen LogP contribution in [0.2, 0.25) is 10.0 Å². The fraction of sp³-hybridized carbons (Fsp3) is 0.577. The number of benzene rings is 1. The minimum Gasteiger partial charge on any atom is -0.462 e. The van der Waals surface area contributed by atoms with E-state index in [1.165, 1.54) is 0 Å². The van der Waals surface area contributed by atoms with Crippen LogP contribution in [-0.2, 0) is 20.7 Å². The summed E-state index contributed by atoms with van der Waals surface area (Å²) in [5.41, 5.74) is 1.22. The number of rotatable bonds is 5. The van der Waals surface area contributed by atoms with Gasteiger partial charge in [0.05, 0.1) is 16.5 Å². The lowest BCUT2D eigenvalue weighted by Crippen LogP contribution is -2.50. The predicted octanol–water partition coefficient (Wildman–Crippen LogP) is 6.54. The van der Waals surface area contributed by atoms with Crippen molar-refractivity contribution in [3.63, 3.8) is 0 Å². The van der Waals surface area contributed by atoms with Crippen molar-refractivity contribution in [1.29, 1.82) is 0 Å². The summed E-state index contributed by atoms with van der Waals surface area (Å²) < 4.78 is 17.2. The van der Waals surface area contributed by atoms with Gasteiger partial charge >= 0.3 is 12.1 Å². The van der Waals surface area contributed by atoms with E-state index in [-0.39, 0.29) is 42.6 Å². The normalized spacial score (nSPS) is 23.9. The van der Waals surface area contributed by atoms with E-state index in [1.54, 1.807) is 18.2 Å². The summed E-state index contributed by atoms with van der Waals surface area (Å²) in [6, 6.07) is 5.30. The minimum absolute atomic E-state index is 0.0245. The molecule has 2 aliphatic heterocycles. The second kappa shape index (κ2) is 9.32. The third-order valence-electron chi connectivity index (χ3n) is 6.88. The molecule has 2 bridgehead atoms. The first-order valence-electron chi connectivity index (χ1n) is 12.2. The molecule has 3 aliphatic rings. The number of hydrogen-bond acceptors (Lipinski definition) is 6. The monoisotopic (exact) mass is 520 g/mol. The molecule has 1 amide bonds. The molecule has 0 N–H and O–H groups in total. The fourth-order valence-corrected chi connectivity index (χ4v) is 5.86. The molecule has 3 fully saturated rings. The SMILES string of the molecule is CC(C)(C)OC(=O)N1[C@@H]2CC[C@H]1CC(OC(=O)Cc1c(-c3c(Cl)cccc3Cl)noc1C1CC1)C2. The van der Waals surface area contributed by atoms with E-state index in [0.717, 1.165) is 25.7 Å². The molecule has 2 aromatic rings. The van der Waals surface area contributed by atoms with Crippen molar-refractivity contribution in [3.8, 4) is 11.3 Å². The number of fused-ring (bicyclic) bond motifs is 2. The molecule has 0 radical (unpaired) electrons. The Morgan fingerprint density at radius 1 is 1.09 bits per heavy atom. The van der Waals surface area contributed by atoms with Gasteiger partial charge in [0.2, 0.25) is 0 Å². The first-order chi connectivity index (χ1) is 16.6. The molecule has 1 aromatic heterocycles. The summed E-state index contributed by atoms with van der Waals surface area (Å²) in [4.78, 5) is 27.7.